The van der Waals surface area contributed by atoms with Gasteiger partial charge in [0.15, 0.2) is 0 Å². The molecule has 3 aromatic rings. The van der Waals surface area contributed by atoms with E-state index in [1.807, 2.05) is 39.1 Å². The number of anilines is 1. The Labute approximate surface area is 213 Å². The number of piperazine rings is 1. The van der Waals surface area contributed by atoms with Crippen LogP contribution in [0.25, 0.3) is 11.0 Å². The van der Waals surface area contributed by atoms with Gasteiger partial charge in [0.1, 0.15) is 17.8 Å². The molecular weight excluding hydrogens is 472 g/mol. The van der Waals surface area contributed by atoms with Crippen molar-refractivity contribution in [1.29, 1.82) is 0 Å². The number of hydrogen-bond donors (Lipinski definition) is 1. The van der Waals surface area contributed by atoms with Gasteiger partial charge in [-0.2, -0.15) is 17.0 Å². The van der Waals surface area contributed by atoms with E-state index < -0.39 is 10.2 Å². The summed E-state index contributed by atoms with van der Waals surface area (Å²) in [5.41, 5.74) is 1.67. The molecule has 6 rings (SSSR count). The Balaban J connectivity index is 1.23. The van der Waals surface area contributed by atoms with E-state index in [-0.39, 0.29) is 5.54 Å². The molecule has 3 fully saturated rings. The summed E-state index contributed by atoms with van der Waals surface area (Å²) in [7, 11) is -3.57. The fourth-order valence-corrected chi connectivity index (χ4v) is 8.20. The van der Waals surface area contributed by atoms with E-state index in [0.29, 0.717) is 38.6 Å². The zero-order valence-corrected chi connectivity index (χ0v) is 21.7. The quantitative estimate of drug-likeness (QED) is 0.497. The van der Waals surface area contributed by atoms with Crippen LogP contribution >= 0.6 is 0 Å². The van der Waals surface area contributed by atoms with Crippen LogP contribution < -0.4 is 4.90 Å². The summed E-state index contributed by atoms with van der Waals surface area (Å²) in [4.78, 5) is 14.3. The van der Waals surface area contributed by atoms with Gasteiger partial charge in [-0.25, -0.2) is 9.97 Å². The highest BCUT2D eigenvalue weighted by Gasteiger charge is 2.57. The average Bonchev–Trinajstić information content (AvgIpc) is 3.47. The number of nitrogens with one attached hydrogen (secondary N) is 1. The standard InChI is InChI=1S/C27H36N6O2S/c34-36(35,32(19-23-9-5-2-6-10-23)16-12-22-7-3-1-4-8-22)33-18-17-31(20-27(33)13-14-27)26-24-11-15-28-25(24)29-21-30-26/h1,3-4,7-8,11,15,21,23H,2,5-6,9-10,12-14,16-20H2,(H,28,29,30). The van der Waals surface area contributed by atoms with Gasteiger partial charge in [-0.05, 0) is 49.7 Å². The lowest BCUT2D eigenvalue weighted by molar-refractivity contribution is 0.225. The second-order valence-electron chi connectivity index (χ2n) is 10.8. The number of hydrogen-bond acceptors (Lipinski definition) is 5. The van der Waals surface area contributed by atoms with Crippen LogP contribution in [0.1, 0.15) is 50.5 Å². The largest absolute Gasteiger partial charge is 0.353 e. The molecule has 0 radical (unpaired) electrons. The normalized spacial score (nSPS) is 21.0. The molecule has 1 saturated heterocycles. The molecule has 1 N–H and O–H groups in total. The summed E-state index contributed by atoms with van der Waals surface area (Å²) in [6, 6.07) is 12.3. The highest BCUT2D eigenvalue weighted by molar-refractivity contribution is 7.86. The van der Waals surface area contributed by atoms with Crippen molar-refractivity contribution in [2.24, 2.45) is 5.92 Å². The van der Waals surface area contributed by atoms with Crippen LogP contribution in [0.15, 0.2) is 48.9 Å². The van der Waals surface area contributed by atoms with Gasteiger partial charge in [0.2, 0.25) is 0 Å². The summed E-state index contributed by atoms with van der Waals surface area (Å²) >= 11 is 0. The molecule has 2 saturated carbocycles. The van der Waals surface area contributed by atoms with Gasteiger partial charge in [0.25, 0.3) is 10.2 Å². The van der Waals surface area contributed by atoms with Crippen molar-refractivity contribution in [3.8, 4) is 0 Å². The molecule has 1 spiro atoms. The number of rotatable bonds is 8. The van der Waals surface area contributed by atoms with Crippen LogP contribution in [-0.4, -0.2) is 70.2 Å². The van der Waals surface area contributed by atoms with Gasteiger partial charge < -0.3 is 9.88 Å². The van der Waals surface area contributed by atoms with Crippen LogP contribution in [0.3, 0.4) is 0 Å². The van der Waals surface area contributed by atoms with Gasteiger partial charge in [0.05, 0.1) is 10.9 Å². The van der Waals surface area contributed by atoms with Crippen LogP contribution in [0.2, 0.25) is 0 Å². The van der Waals surface area contributed by atoms with E-state index in [0.717, 1.165) is 49.0 Å². The summed E-state index contributed by atoms with van der Waals surface area (Å²) < 4.78 is 32.2. The maximum absolute atomic E-state index is 14.3. The third kappa shape index (κ3) is 4.64. The molecule has 192 valence electrons. The van der Waals surface area contributed by atoms with Crippen molar-refractivity contribution in [2.45, 2.75) is 56.9 Å². The maximum Gasteiger partial charge on any atom is 0.282 e. The Hall–Kier alpha value is -2.49. The molecule has 1 aliphatic heterocycles. The van der Waals surface area contributed by atoms with Gasteiger partial charge in [-0.1, -0.05) is 49.6 Å². The molecule has 9 heteroatoms. The van der Waals surface area contributed by atoms with E-state index in [1.54, 1.807) is 6.33 Å². The van der Waals surface area contributed by atoms with Crippen molar-refractivity contribution >= 4 is 27.1 Å². The van der Waals surface area contributed by atoms with E-state index in [9.17, 15) is 8.42 Å². The van der Waals surface area contributed by atoms with Crippen LogP contribution in [-0.2, 0) is 16.6 Å². The van der Waals surface area contributed by atoms with Crippen LogP contribution in [0.4, 0.5) is 5.82 Å². The first-order valence-electron chi connectivity index (χ1n) is 13.4. The Morgan fingerprint density at radius 3 is 2.61 bits per heavy atom. The van der Waals surface area contributed by atoms with Gasteiger partial charge in [0, 0.05) is 38.9 Å². The number of H-pyrrole nitrogens is 1. The highest BCUT2D eigenvalue weighted by atomic mass is 32.2. The minimum absolute atomic E-state index is 0.331. The summed E-state index contributed by atoms with van der Waals surface area (Å²) in [6.07, 6.45) is 12.0. The second kappa shape index (κ2) is 9.76. The topological polar surface area (TPSA) is 85.4 Å². The third-order valence-corrected chi connectivity index (χ3v) is 10.4. The van der Waals surface area contributed by atoms with E-state index in [4.69, 9.17) is 0 Å². The Morgan fingerprint density at radius 2 is 1.83 bits per heavy atom. The summed E-state index contributed by atoms with van der Waals surface area (Å²) in [6.45, 7) is 2.98. The lowest BCUT2D eigenvalue weighted by Gasteiger charge is -2.44. The number of benzene rings is 1. The molecule has 3 heterocycles. The third-order valence-electron chi connectivity index (χ3n) is 8.33. The molecule has 1 aromatic carbocycles. The Kier molecular flexibility index (Phi) is 6.47. The van der Waals surface area contributed by atoms with E-state index >= 15 is 0 Å². The fourth-order valence-electron chi connectivity index (χ4n) is 6.16. The molecule has 2 aromatic heterocycles. The van der Waals surface area contributed by atoms with Crippen molar-refractivity contribution in [2.75, 3.05) is 37.6 Å². The number of fused-ring (bicyclic) bond motifs is 1. The summed E-state index contributed by atoms with van der Waals surface area (Å²) in [5, 5.41) is 0.992. The van der Waals surface area contributed by atoms with Crippen LogP contribution in [0.5, 0.6) is 0 Å². The minimum atomic E-state index is -3.57. The first-order valence-corrected chi connectivity index (χ1v) is 14.8. The van der Waals surface area contributed by atoms with Gasteiger partial charge >= 0.3 is 0 Å². The monoisotopic (exact) mass is 508 g/mol. The van der Waals surface area contributed by atoms with Crippen molar-refractivity contribution in [3.63, 3.8) is 0 Å². The fraction of sp³-hybridized carbons (Fsp3) is 0.556. The first kappa shape index (κ1) is 23.9. The predicted octanol–water partition coefficient (Wildman–Crippen LogP) is 3.98. The lowest BCUT2D eigenvalue weighted by atomic mass is 9.89. The number of aromatic amines is 1. The summed E-state index contributed by atoms with van der Waals surface area (Å²) in [5.74, 6) is 1.36. The SMILES string of the molecule is O=S(=O)(N(CCc1ccccc1)CC1CCCCC1)N1CCN(c2ncnc3[nH]ccc23)CC12CC2. The predicted molar refractivity (Wildman–Crippen MR) is 142 cm³/mol. The minimum Gasteiger partial charge on any atom is -0.353 e. The molecule has 36 heavy (non-hydrogen) atoms. The molecule has 0 amide bonds. The molecular formula is C27H36N6O2S. The zero-order chi connectivity index (χ0) is 24.6. The van der Waals surface area contributed by atoms with Crippen molar-refractivity contribution in [3.05, 3.63) is 54.5 Å². The maximum atomic E-state index is 14.3. The number of aromatic nitrogens is 3. The molecule has 3 aliphatic rings. The molecule has 2 aliphatic carbocycles. The van der Waals surface area contributed by atoms with E-state index in [2.05, 4.69) is 32.0 Å². The Morgan fingerprint density at radius 1 is 1.03 bits per heavy atom. The molecule has 0 atom stereocenters. The smallest absolute Gasteiger partial charge is 0.282 e. The van der Waals surface area contributed by atoms with Crippen molar-refractivity contribution < 1.29 is 8.42 Å². The lowest BCUT2D eigenvalue weighted by Crippen LogP contribution is -2.60. The first-order chi connectivity index (χ1) is 17.6. The molecule has 8 nitrogen and oxygen atoms in total. The molecule has 0 bridgehead atoms. The van der Waals surface area contributed by atoms with Gasteiger partial charge in [-0.15, -0.1) is 0 Å². The van der Waals surface area contributed by atoms with Crippen LogP contribution in [0, 0.1) is 5.92 Å². The molecule has 0 unspecified atom stereocenters. The second-order valence-corrected chi connectivity index (χ2v) is 12.6. The van der Waals surface area contributed by atoms with E-state index in [1.165, 1.54) is 24.8 Å². The average molecular weight is 509 g/mol. The zero-order valence-electron chi connectivity index (χ0n) is 20.8. The number of nitrogens with zero attached hydrogens (tertiary/aromatic N) is 5. The highest BCUT2D eigenvalue weighted by Crippen LogP contribution is 2.47. The van der Waals surface area contributed by atoms with Crippen molar-refractivity contribution in [1.82, 2.24) is 23.6 Å². The van der Waals surface area contributed by atoms with Gasteiger partial charge in [-0.3, -0.25) is 0 Å². The Bertz CT molecular complexity index is 1280.